The fourth-order valence-corrected chi connectivity index (χ4v) is 2.84. The van der Waals surface area contributed by atoms with Gasteiger partial charge in [0, 0.05) is 23.0 Å². The third-order valence-electron chi connectivity index (χ3n) is 4.47. The van der Waals surface area contributed by atoms with Crippen LogP contribution in [-0.2, 0) is 6.18 Å². The zero-order valence-electron chi connectivity index (χ0n) is 15.6. The number of nitrogens with zero attached hydrogens (tertiary/aromatic N) is 2. The van der Waals surface area contributed by atoms with Crippen LogP contribution < -0.4 is 5.32 Å². The van der Waals surface area contributed by atoms with Crippen LogP contribution in [0.2, 0.25) is 0 Å². The maximum atomic E-state index is 12.9. The van der Waals surface area contributed by atoms with Crippen molar-refractivity contribution in [1.29, 1.82) is 5.26 Å². The zero-order chi connectivity index (χ0) is 21.2. The topological polar surface area (TPSA) is 65.8 Å². The Morgan fingerprint density at radius 1 is 1.10 bits per heavy atom. The number of aryl methyl sites for hydroxylation is 2. The molecule has 0 spiro atoms. The monoisotopic (exact) mass is 395 g/mol. The van der Waals surface area contributed by atoms with Gasteiger partial charge in [0.15, 0.2) is 0 Å². The number of carbonyl (C=O) groups excluding carboxylic acids is 1. The van der Waals surface area contributed by atoms with E-state index in [2.05, 4.69) is 16.4 Å². The van der Waals surface area contributed by atoms with Crippen molar-refractivity contribution in [2.75, 3.05) is 5.32 Å². The predicted molar refractivity (Wildman–Crippen MR) is 103 cm³/mol. The number of hydrogen-bond donors (Lipinski definition) is 1. The van der Waals surface area contributed by atoms with Crippen LogP contribution in [0.1, 0.15) is 32.7 Å². The molecule has 1 amide bonds. The summed E-state index contributed by atoms with van der Waals surface area (Å²) in [6.07, 6.45) is -2.89. The van der Waals surface area contributed by atoms with Crippen LogP contribution in [0.25, 0.3) is 11.1 Å². The molecule has 0 aliphatic heterocycles. The first kappa shape index (κ1) is 20.1. The summed E-state index contributed by atoms with van der Waals surface area (Å²) >= 11 is 0. The van der Waals surface area contributed by atoms with Crippen LogP contribution in [0.15, 0.2) is 54.7 Å². The summed E-state index contributed by atoms with van der Waals surface area (Å²) < 4.78 is 38.6. The number of aromatic nitrogens is 1. The molecular formula is C22H16F3N3O. The lowest BCUT2D eigenvalue weighted by Crippen LogP contribution is -2.14. The van der Waals surface area contributed by atoms with Crippen LogP contribution in [0.5, 0.6) is 0 Å². The minimum atomic E-state index is -4.52. The maximum Gasteiger partial charge on any atom is 0.416 e. The lowest BCUT2D eigenvalue weighted by Gasteiger charge is -2.12. The molecule has 3 rings (SSSR count). The van der Waals surface area contributed by atoms with E-state index >= 15 is 0 Å². The molecule has 3 aromatic rings. The van der Waals surface area contributed by atoms with E-state index in [1.807, 2.05) is 6.92 Å². The van der Waals surface area contributed by atoms with Gasteiger partial charge in [-0.2, -0.15) is 18.4 Å². The van der Waals surface area contributed by atoms with Crippen molar-refractivity contribution in [1.82, 2.24) is 4.98 Å². The van der Waals surface area contributed by atoms with Gasteiger partial charge in [-0.3, -0.25) is 9.78 Å². The van der Waals surface area contributed by atoms with Crippen LogP contribution in [0, 0.1) is 25.2 Å². The Kier molecular flexibility index (Phi) is 5.37. The zero-order valence-corrected chi connectivity index (χ0v) is 15.6. The SMILES string of the molecule is Cc1ccc(NC(=O)c2cccc(C(F)(F)F)c2)cc1-c1cnc(C)c(C#N)c1. The van der Waals surface area contributed by atoms with Crippen molar-refractivity contribution in [3.8, 4) is 17.2 Å². The van der Waals surface area contributed by atoms with E-state index in [0.717, 1.165) is 23.3 Å². The van der Waals surface area contributed by atoms with Gasteiger partial charge in [0.25, 0.3) is 5.91 Å². The number of benzene rings is 2. The number of anilines is 1. The number of nitrogens with one attached hydrogen (secondary N) is 1. The van der Waals surface area contributed by atoms with Gasteiger partial charge in [-0.05, 0) is 61.4 Å². The lowest BCUT2D eigenvalue weighted by atomic mass is 9.99. The fraction of sp³-hybridized carbons (Fsp3) is 0.136. The summed E-state index contributed by atoms with van der Waals surface area (Å²) in [5, 5.41) is 11.8. The number of hydrogen-bond acceptors (Lipinski definition) is 3. The second-order valence-electron chi connectivity index (χ2n) is 6.53. The van der Waals surface area contributed by atoms with E-state index in [0.29, 0.717) is 22.5 Å². The highest BCUT2D eigenvalue weighted by Crippen LogP contribution is 2.30. The molecule has 0 radical (unpaired) electrons. The van der Waals surface area contributed by atoms with Crippen molar-refractivity contribution < 1.29 is 18.0 Å². The minimum Gasteiger partial charge on any atom is -0.322 e. The molecule has 4 nitrogen and oxygen atoms in total. The van der Waals surface area contributed by atoms with Gasteiger partial charge in [0.1, 0.15) is 6.07 Å². The molecule has 0 aliphatic rings. The molecule has 1 aromatic heterocycles. The highest BCUT2D eigenvalue weighted by molar-refractivity contribution is 6.04. The van der Waals surface area contributed by atoms with Crippen LogP contribution in [0.3, 0.4) is 0 Å². The lowest BCUT2D eigenvalue weighted by molar-refractivity contribution is -0.137. The summed E-state index contributed by atoms with van der Waals surface area (Å²) in [4.78, 5) is 16.7. The first-order chi connectivity index (χ1) is 13.7. The number of nitriles is 1. The van der Waals surface area contributed by atoms with Crippen molar-refractivity contribution in [2.24, 2.45) is 0 Å². The highest BCUT2D eigenvalue weighted by Gasteiger charge is 2.30. The van der Waals surface area contributed by atoms with E-state index in [-0.39, 0.29) is 5.56 Å². The minimum absolute atomic E-state index is 0.0919. The van der Waals surface area contributed by atoms with Gasteiger partial charge >= 0.3 is 6.18 Å². The predicted octanol–water partition coefficient (Wildman–Crippen LogP) is 5.51. The Hall–Kier alpha value is -3.66. The fourth-order valence-electron chi connectivity index (χ4n) is 2.84. The Morgan fingerprint density at radius 2 is 1.86 bits per heavy atom. The number of pyridine rings is 1. The quantitative estimate of drug-likeness (QED) is 0.636. The summed E-state index contributed by atoms with van der Waals surface area (Å²) in [7, 11) is 0. The first-order valence-corrected chi connectivity index (χ1v) is 8.65. The van der Waals surface area contributed by atoms with E-state index in [9.17, 15) is 23.2 Å². The molecule has 0 saturated heterocycles. The number of rotatable bonds is 3. The van der Waals surface area contributed by atoms with Gasteiger partial charge in [0.05, 0.1) is 16.8 Å². The first-order valence-electron chi connectivity index (χ1n) is 8.65. The van der Waals surface area contributed by atoms with E-state index in [1.165, 1.54) is 12.1 Å². The van der Waals surface area contributed by atoms with Gasteiger partial charge in [0.2, 0.25) is 0 Å². The number of halogens is 3. The number of alkyl halides is 3. The molecule has 0 unspecified atom stereocenters. The van der Waals surface area contributed by atoms with Gasteiger partial charge < -0.3 is 5.32 Å². The summed E-state index contributed by atoms with van der Waals surface area (Å²) in [5.74, 6) is -0.648. The number of amides is 1. The average Bonchev–Trinajstić information content (AvgIpc) is 2.69. The van der Waals surface area contributed by atoms with Crippen molar-refractivity contribution in [3.63, 3.8) is 0 Å². The Balaban J connectivity index is 1.91. The molecule has 0 saturated carbocycles. The molecule has 146 valence electrons. The third kappa shape index (κ3) is 4.43. The molecule has 1 N–H and O–H groups in total. The molecule has 29 heavy (non-hydrogen) atoms. The van der Waals surface area contributed by atoms with Crippen molar-refractivity contribution >= 4 is 11.6 Å². The summed E-state index contributed by atoms with van der Waals surface area (Å²) in [6, 6.07) is 13.2. The van der Waals surface area contributed by atoms with E-state index < -0.39 is 17.6 Å². The third-order valence-corrected chi connectivity index (χ3v) is 4.47. The van der Waals surface area contributed by atoms with Crippen molar-refractivity contribution in [3.05, 3.63) is 82.7 Å². The molecule has 0 aliphatic carbocycles. The van der Waals surface area contributed by atoms with Crippen LogP contribution in [-0.4, -0.2) is 10.9 Å². The Bertz CT molecular complexity index is 1130. The van der Waals surface area contributed by atoms with Gasteiger partial charge in [-0.15, -0.1) is 0 Å². The summed E-state index contributed by atoms with van der Waals surface area (Å²) in [5.41, 5.74) is 2.87. The number of carbonyl (C=O) groups is 1. The Labute approximate surface area is 165 Å². The largest absolute Gasteiger partial charge is 0.416 e. The molecular weight excluding hydrogens is 379 g/mol. The summed E-state index contributed by atoms with van der Waals surface area (Å²) in [6.45, 7) is 3.61. The average molecular weight is 395 g/mol. The second kappa shape index (κ2) is 7.76. The molecule has 2 aromatic carbocycles. The maximum absolute atomic E-state index is 12.9. The highest BCUT2D eigenvalue weighted by atomic mass is 19.4. The van der Waals surface area contributed by atoms with Crippen molar-refractivity contribution in [2.45, 2.75) is 20.0 Å². The van der Waals surface area contributed by atoms with E-state index in [4.69, 9.17) is 0 Å². The molecule has 0 bridgehead atoms. The normalized spacial score (nSPS) is 11.0. The van der Waals surface area contributed by atoms with Gasteiger partial charge in [-0.25, -0.2) is 0 Å². The van der Waals surface area contributed by atoms with Gasteiger partial charge in [-0.1, -0.05) is 12.1 Å². The van der Waals surface area contributed by atoms with E-state index in [1.54, 1.807) is 37.4 Å². The molecule has 0 atom stereocenters. The molecule has 1 heterocycles. The Morgan fingerprint density at radius 3 is 2.55 bits per heavy atom. The second-order valence-corrected chi connectivity index (χ2v) is 6.53. The smallest absolute Gasteiger partial charge is 0.322 e. The standard InChI is InChI=1S/C22H16F3N3O/c1-13-6-7-19(10-20(13)17-8-16(11-26)14(2)27-12-17)28-21(29)15-4-3-5-18(9-15)22(23,24)25/h3-10,12H,1-2H3,(H,28,29). The molecule has 7 heteroatoms. The van der Waals surface area contributed by atoms with Crippen LogP contribution >= 0.6 is 0 Å². The van der Waals surface area contributed by atoms with Crippen LogP contribution in [0.4, 0.5) is 18.9 Å². The molecule has 0 fully saturated rings.